The van der Waals surface area contributed by atoms with Gasteiger partial charge in [0, 0.05) is 18.7 Å². The first-order valence-electron chi connectivity index (χ1n) is 8.70. The van der Waals surface area contributed by atoms with E-state index in [1.54, 1.807) is 6.07 Å². The fraction of sp³-hybridized carbons (Fsp3) is 0.684. The van der Waals surface area contributed by atoms with Crippen molar-refractivity contribution in [2.24, 2.45) is 23.2 Å². The molecule has 21 heavy (non-hydrogen) atoms. The number of fused-ring (bicyclic) bond motifs is 1. The highest BCUT2D eigenvalue weighted by Crippen LogP contribution is 2.57. The third-order valence-electron chi connectivity index (χ3n) is 6.29. The second-order valence-electron chi connectivity index (χ2n) is 7.99. The molecule has 4 saturated carbocycles. The average Bonchev–Trinajstić information content (AvgIpc) is 2.67. The first-order chi connectivity index (χ1) is 10.2. The van der Waals surface area contributed by atoms with Crippen LogP contribution in [0.15, 0.2) is 24.3 Å². The van der Waals surface area contributed by atoms with E-state index in [-0.39, 0.29) is 0 Å². The van der Waals surface area contributed by atoms with Gasteiger partial charge in [-0.25, -0.2) is 0 Å². The van der Waals surface area contributed by atoms with E-state index >= 15 is 0 Å². The molecule has 114 valence electrons. The molecule has 0 heterocycles. The summed E-state index contributed by atoms with van der Waals surface area (Å²) in [6.45, 7) is 1.94. The fourth-order valence-corrected chi connectivity index (χ4v) is 5.71. The van der Waals surface area contributed by atoms with Gasteiger partial charge in [0.15, 0.2) is 0 Å². The van der Waals surface area contributed by atoms with Gasteiger partial charge >= 0.3 is 0 Å². The van der Waals surface area contributed by atoms with Crippen LogP contribution in [0.2, 0.25) is 0 Å². The maximum absolute atomic E-state index is 9.88. The van der Waals surface area contributed by atoms with E-state index in [1.165, 1.54) is 44.9 Å². The number of rotatable bonds is 4. The van der Waals surface area contributed by atoms with Crippen LogP contribution in [0.1, 0.15) is 50.5 Å². The highest BCUT2D eigenvalue weighted by atomic mass is 16.3. The molecule has 0 spiro atoms. The summed E-state index contributed by atoms with van der Waals surface area (Å²) in [4.78, 5) is 0. The molecule has 4 aliphatic carbocycles. The summed E-state index contributed by atoms with van der Waals surface area (Å²) in [5.74, 6) is 3.44. The number of para-hydroxylation sites is 1. The summed E-state index contributed by atoms with van der Waals surface area (Å²) in [5, 5.41) is 13.5. The zero-order valence-electron chi connectivity index (χ0n) is 12.9. The fourth-order valence-electron chi connectivity index (χ4n) is 5.71. The Hall–Kier alpha value is -1.02. The number of nitrogens with one attached hydrogen (secondary N) is 1. The second-order valence-corrected chi connectivity index (χ2v) is 7.99. The van der Waals surface area contributed by atoms with Gasteiger partial charge in [-0.1, -0.05) is 31.0 Å². The lowest BCUT2D eigenvalue weighted by Gasteiger charge is -2.48. The Morgan fingerprint density at radius 1 is 1.00 bits per heavy atom. The van der Waals surface area contributed by atoms with Crippen molar-refractivity contribution in [3.63, 3.8) is 0 Å². The topological polar surface area (TPSA) is 32.3 Å². The van der Waals surface area contributed by atoms with E-state index in [2.05, 4.69) is 5.32 Å². The molecule has 4 fully saturated rings. The normalized spacial score (nSPS) is 37.6. The molecule has 0 aromatic heterocycles. The number of hydrogen-bond donors (Lipinski definition) is 2. The van der Waals surface area contributed by atoms with E-state index in [9.17, 15) is 5.11 Å². The zero-order valence-corrected chi connectivity index (χ0v) is 12.9. The molecule has 2 unspecified atom stereocenters. The summed E-state index contributed by atoms with van der Waals surface area (Å²) in [6.07, 6.45) is 10.4. The van der Waals surface area contributed by atoms with E-state index < -0.39 is 0 Å². The highest BCUT2D eigenvalue weighted by Gasteiger charge is 2.47. The molecule has 2 heteroatoms. The van der Waals surface area contributed by atoms with Crippen molar-refractivity contribution in [1.82, 2.24) is 5.32 Å². The van der Waals surface area contributed by atoms with Crippen LogP contribution in [-0.2, 0) is 6.54 Å². The third kappa shape index (κ3) is 2.70. The highest BCUT2D eigenvalue weighted by molar-refractivity contribution is 5.31. The van der Waals surface area contributed by atoms with Gasteiger partial charge in [-0.3, -0.25) is 0 Å². The molecule has 4 aliphatic rings. The van der Waals surface area contributed by atoms with Gasteiger partial charge in [-0.05, 0) is 61.3 Å². The van der Waals surface area contributed by atoms with Crippen LogP contribution in [-0.4, -0.2) is 11.7 Å². The zero-order chi connectivity index (χ0) is 14.3. The molecule has 4 atom stereocenters. The number of aromatic hydroxyl groups is 1. The monoisotopic (exact) mass is 285 g/mol. The minimum atomic E-state index is 0.424. The standard InChI is InChI=1S/C19H27NO/c21-18-4-2-1-3-17(18)12-20-13-19-9-14-5-6-15(10-19)8-16(7-14)11-19/h1-4,14-16,20-21H,5-13H2/t14-,15+,16?,19?. The molecule has 0 aliphatic heterocycles. The maximum Gasteiger partial charge on any atom is 0.120 e. The van der Waals surface area contributed by atoms with Gasteiger partial charge in [0.1, 0.15) is 5.75 Å². The molecule has 2 N–H and O–H groups in total. The Bertz CT molecular complexity index is 496. The lowest BCUT2D eigenvalue weighted by Crippen LogP contribution is -2.44. The lowest BCUT2D eigenvalue weighted by molar-refractivity contribution is 0.0346. The minimum Gasteiger partial charge on any atom is -0.508 e. The summed E-state index contributed by atoms with van der Waals surface area (Å²) in [6, 6.07) is 7.70. The Balaban J connectivity index is 1.41. The van der Waals surface area contributed by atoms with Crippen LogP contribution in [0.3, 0.4) is 0 Å². The van der Waals surface area contributed by atoms with Crippen molar-refractivity contribution in [2.75, 3.05) is 6.54 Å². The second kappa shape index (κ2) is 5.31. The average molecular weight is 285 g/mol. The molecule has 5 rings (SSSR count). The van der Waals surface area contributed by atoms with Crippen LogP contribution in [0.4, 0.5) is 0 Å². The molecule has 4 bridgehead atoms. The Kier molecular flexibility index (Phi) is 3.45. The molecule has 0 amide bonds. The molecule has 1 aromatic carbocycles. The molecular weight excluding hydrogens is 258 g/mol. The predicted octanol–water partition coefficient (Wildman–Crippen LogP) is 4.09. The largest absolute Gasteiger partial charge is 0.508 e. The van der Waals surface area contributed by atoms with E-state index in [4.69, 9.17) is 0 Å². The van der Waals surface area contributed by atoms with E-state index in [0.717, 1.165) is 36.4 Å². The maximum atomic E-state index is 9.88. The van der Waals surface area contributed by atoms with E-state index in [1.807, 2.05) is 18.2 Å². The molecule has 2 nitrogen and oxygen atoms in total. The van der Waals surface area contributed by atoms with Crippen LogP contribution in [0.25, 0.3) is 0 Å². The van der Waals surface area contributed by atoms with Crippen LogP contribution >= 0.6 is 0 Å². The number of benzene rings is 1. The number of hydrogen-bond acceptors (Lipinski definition) is 2. The molecule has 1 aromatic rings. The SMILES string of the molecule is Oc1ccccc1CNCC12CC3C[C@@H](CC[C@@H](C3)C1)C2. The van der Waals surface area contributed by atoms with Crippen LogP contribution < -0.4 is 5.32 Å². The van der Waals surface area contributed by atoms with Gasteiger partial charge in [-0.15, -0.1) is 0 Å². The van der Waals surface area contributed by atoms with Gasteiger partial charge in [-0.2, -0.15) is 0 Å². The van der Waals surface area contributed by atoms with Gasteiger partial charge < -0.3 is 10.4 Å². The smallest absolute Gasteiger partial charge is 0.120 e. The summed E-state index contributed by atoms with van der Waals surface area (Å²) in [7, 11) is 0. The quantitative estimate of drug-likeness (QED) is 0.873. The summed E-state index contributed by atoms with van der Waals surface area (Å²) in [5.41, 5.74) is 1.59. The van der Waals surface area contributed by atoms with Crippen molar-refractivity contribution in [1.29, 1.82) is 0 Å². The first kappa shape index (κ1) is 13.6. The summed E-state index contributed by atoms with van der Waals surface area (Å²) < 4.78 is 0. The van der Waals surface area contributed by atoms with E-state index in [0.29, 0.717) is 11.2 Å². The lowest BCUT2D eigenvalue weighted by atomic mass is 9.58. The van der Waals surface area contributed by atoms with Crippen LogP contribution in [0, 0.1) is 23.2 Å². The number of phenols is 1. The van der Waals surface area contributed by atoms with Gasteiger partial charge in [0.2, 0.25) is 0 Å². The minimum absolute atomic E-state index is 0.424. The van der Waals surface area contributed by atoms with Crippen molar-refractivity contribution in [2.45, 2.75) is 51.5 Å². The molecule has 0 saturated heterocycles. The Morgan fingerprint density at radius 2 is 1.67 bits per heavy atom. The van der Waals surface area contributed by atoms with Crippen LogP contribution in [0.5, 0.6) is 5.75 Å². The summed E-state index contributed by atoms with van der Waals surface area (Å²) >= 11 is 0. The van der Waals surface area contributed by atoms with Crippen molar-refractivity contribution in [3.8, 4) is 5.75 Å². The Morgan fingerprint density at radius 3 is 2.38 bits per heavy atom. The predicted molar refractivity (Wildman–Crippen MR) is 85.0 cm³/mol. The van der Waals surface area contributed by atoms with Gasteiger partial charge in [0.25, 0.3) is 0 Å². The Labute approximate surface area is 128 Å². The van der Waals surface area contributed by atoms with Crippen molar-refractivity contribution >= 4 is 0 Å². The third-order valence-corrected chi connectivity index (χ3v) is 6.29. The van der Waals surface area contributed by atoms with Crippen molar-refractivity contribution < 1.29 is 5.11 Å². The molecule has 0 radical (unpaired) electrons. The molecular formula is C19H27NO. The van der Waals surface area contributed by atoms with Gasteiger partial charge in [0.05, 0.1) is 0 Å². The number of phenolic OH excluding ortho intramolecular Hbond substituents is 1. The first-order valence-corrected chi connectivity index (χ1v) is 8.70. The van der Waals surface area contributed by atoms with Crippen molar-refractivity contribution in [3.05, 3.63) is 29.8 Å².